The summed E-state index contributed by atoms with van der Waals surface area (Å²) in [5.74, 6) is -0.491. The van der Waals surface area contributed by atoms with Gasteiger partial charge in [0.2, 0.25) is 0 Å². The summed E-state index contributed by atoms with van der Waals surface area (Å²) in [5, 5.41) is 0. The van der Waals surface area contributed by atoms with Gasteiger partial charge in [0.1, 0.15) is 6.61 Å². The van der Waals surface area contributed by atoms with Gasteiger partial charge in [0, 0.05) is 0 Å². The number of carbonyl (C=O) groups excluding carboxylic acids is 2. The number of hydrogen-bond acceptors (Lipinski definition) is 4. The van der Waals surface area contributed by atoms with Crippen molar-refractivity contribution in [3.05, 3.63) is 0 Å². The molecule has 0 aliphatic heterocycles. The molecule has 0 N–H and O–H groups in total. The second kappa shape index (κ2) is 5.32. The van der Waals surface area contributed by atoms with E-state index in [2.05, 4.69) is 4.74 Å². The van der Waals surface area contributed by atoms with Crippen LogP contribution in [0.5, 0.6) is 0 Å². The number of carbonyl (C=O) groups is 2. The number of ether oxygens (including phenoxy) is 2. The molecule has 0 radical (unpaired) electrons. The monoisotopic (exact) mass is 228 g/mol. The van der Waals surface area contributed by atoms with Gasteiger partial charge in [0.05, 0.1) is 18.4 Å². The Labute approximate surface area is 96.3 Å². The lowest BCUT2D eigenvalue weighted by molar-refractivity contribution is -0.161. The zero-order valence-electron chi connectivity index (χ0n) is 10.2. The summed E-state index contributed by atoms with van der Waals surface area (Å²) < 4.78 is 9.82. The van der Waals surface area contributed by atoms with Crippen molar-refractivity contribution in [1.82, 2.24) is 0 Å². The molecule has 0 spiro atoms. The maximum Gasteiger partial charge on any atom is 0.314 e. The predicted octanol–water partition coefficient (Wildman–Crippen LogP) is 1.92. The van der Waals surface area contributed by atoms with Crippen molar-refractivity contribution in [2.75, 3.05) is 13.7 Å². The molecule has 1 aliphatic carbocycles. The molecular weight excluding hydrogens is 208 g/mol. The van der Waals surface area contributed by atoms with E-state index < -0.39 is 5.41 Å². The molecular formula is C12H20O4. The minimum absolute atomic E-state index is 0.0356. The Morgan fingerprint density at radius 2 is 1.81 bits per heavy atom. The molecule has 1 fully saturated rings. The Balaban J connectivity index is 2.38. The number of esters is 2. The first kappa shape index (κ1) is 13.0. The Hall–Kier alpha value is -1.06. The lowest BCUT2D eigenvalue weighted by Crippen LogP contribution is -2.32. The van der Waals surface area contributed by atoms with Crippen LogP contribution in [0.2, 0.25) is 0 Å². The summed E-state index contributed by atoms with van der Waals surface area (Å²) in [7, 11) is 1.34. The number of hydrogen-bond donors (Lipinski definition) is 0. The van der Waals surface area contributed by atoms with Crippen LogP contribution in [0.4, 0.5) is 0 Å². The second-order valence-electron chi connectivity index (χ2n) is 4.96. The molecule has 1 saturated carbocycles. The first-order valence-corrected chi connectivity index (χ1v) is 5.72. The fourth-order valence-electron chi connectivity index (χ4n) is 1.87. The molecule has 0 saturated heterocycles. The molecule has 1 aliphatic rings. The largest absolute Gasteiger partial charge is 0.469 e. The van der Waals surface area contributed by atoms with Crippen LogP contribution < -0.4 is 0 Å². The van der Waals surface area contributed by atoms with Crippen molar-refractivity contribution in [3.63, 3.8) is 0 Å². The van der Waals surface area contributed by atoms with Crippen molar-refractivity contribution >= 4 is 11.9 Å². The zero-order valence-corrected chi connectivity index (χ0v) is 10.2. The van der Waals surface area contributed by atoms with Gasteiger partial charge in [-0.15, -0.1) is 0 Å². The Kier molecular flexibility index (Phi) is 4.33. The average molecular weight is 228 g/mol. The van der Waals surface area contributed by atoms with E-state index in [4.69, 9.17) is 4.74 Å². The lowest BCUT2D eigenvalue weighted by Gasteiger charge is -2.21. The normalized spacial score (nSPS) is 17.2. The van der Waals surface area contributed by atoms with Crippen LogP contribution in [0.3, 0.4) is 0 Å². The summed E-state index contributed by atoms with van der Waals surface area (Å²) >= 11 is 0. The highest BCUT2D eigenvalue weighted by atomic mass is 16.5. The van der Waals surface area contributed by atoms with Crippen molar-refractivity contribution in [3.8, 4) is 0 Å². The van der Waals surface area contributed by atoms with Gasteiger partial charge in [0.25, 0.3) is 0 Å². The SMILES string of the molecule is COC(=O)C(C)(C)COC(=O)C1CCCC1. The highest BCUT2D eigenvalue weighted by molar-refractivity contribution is 5.77. The molecule has 0 aromatic heterocycles. The van der Waals surface area contributed by atoms with Crippen LogP contribution >= 0.6 is 0 Å². The van der Waals surface area contributed by atoms with Crippen LogP contribution in [0.1, 0.15) is 39.5 Å². The van der Waals surface area contributed by atoms with E-state index in [0.29, 0.717) is 0 Å². The molecule has 0 atom stereocenters. The molecule has 0 amide bonds. The van der Waals surface area contributed by atoms with E-state index in [1.807, 2.05) is 0 Å². The number of methoxy groups -OCH3 is 1. The van der Waals surface area contributed by atoms with Crippen LogP contribution in [0.25, 0.3) is 0 Å². The van der Waals surface area contributed by atoms with E-state index in [1.165, 1.54) is 7.11 Å². The minimum Gasteiger partial charge on any atom is -0.469 e. The van der Waals surface area contributed by atoms with Crippen molar-refractivity contribution < 1.29 is 19.1 Å². The summed E-state index contributed by atoms with van der Waals surface area (Å²) in [4.78, 5) is 23.0. The highest BCUT2D eigenvalue weighted by Gasteiger charge is 2.32. The maximum atomic E-state index is 11.6. The molecule has 16 heavy (non-hydrogen) atoms. The smallest absolute Gasteiger partial charge is 0.314 e. The molecule has 4 nitrogen and oxygen atoms in total. The lowest BCUT2D eigenvalue weighted by atomic mass is 9.95. The van der Waals surface area contributed by atoms with E-state index in [-0.39, 0.29) is 24.5 Å². The summed E-state index contributed by atoms with van der Waals surface area (Å²) in [6.07, 6.45) is 4.02. The van der Waals surface area contributed by atoms with E-state index >= 15 is 0 Å². The molecule has 4 heteroatoms. The molecule has 0 bridgehead atoms. The maximum absolute atomic E-state index is 11.6. The van der Waals surface area contributed by atoms with Crippen molar-refractivity contribution in [2.45, 2.75) is 39.5 Å². The Morgan fingerprint density at radius 3 is 2.31 bits per heavy atom. The van der Waals surface area contributed by atoms with Crippen LogP contribution in [0.15, 0.2) is 0 Å². The van der Waals surface area contributed by atoms with Gasteiger partial charge in [-0.05, 0) is 26.7 Å². The van der Waals surface area contributed by atoms with Gasteiger partial charge in [-0.2, -0.15) is 0 Å². The first-order chi connectivity index (χ1) is 7.47. The van der Waals surface area contributed by atoms with Gasteiger partial charge in [0.15, 0.2) is 0 Å². The quantitative estimate of drug-likeness (QED) is 0.690. The third kappa shape index (κ3) is 3.22. The second-order valence-corrected chi connectivity index (χ2v) is 4.96. The third-order valence-corrected chi connectivity index (χ3v) is 3.00. The summed E-state index contributed by atoms with van der Waals surface area (Å²) in [5.41, 5.74) is -0.761. The molecule has 0 heterocycles. The fourth-order valence-corrected chi connectivity index (χ4v) is 1.87. The standard InChI is InChI=1S/C12H20O4/c1-12(2,11(14)15-3)8-16-10(13)9-6-4-5-7-9/h9H,4-8H2,1-3H3. The average Bonchev–Trinajstić information content (AvgIpc) is 2.78. The summed E-state index contributed by atoms with van der Waals surface area (Å²) in [6.45, 7) is 3.51. The topological polar surface area (TPSA) is 52.6 Å². The van der Waals surface area contributed by atoms with E-state index in [9.17, 15) is 9.59 Å². The Morgan fingerprint density at radius 1 is 1.25 bits per heavy atom. The van der Waals surface area contributed by atoms with Crippen LogP contribution in [-0.2, 0) is 19.1 Å². The molecule has 0 unspecified atom stereocenters. The van der Waals surface area contributed by atoms with E-state index in [1.54, 1.807) is 13.8 Å². The highest BCUT2D eigenvalue weighted by Crippen LogP contribution is 2.27. The van der Waals surface area contributed by atoms with Gasteiger partial charge in [-0.3, -0.25) is 9.59 Å². The number of rotatable bonds is 4. The Bertz CT molecular complexity index is 264. The first-order valence-electron chi connectivity index (χ1n) is 5.72. The minimum atomic E-state index is -0.761. The van der Waals surface area contributed by atoms with Crippen LogP contribution in [0, 0.1) is 11.3 Å². The summed E-state index contributed by atoms with van der Waals surface area (Å²) in [6, 6.07) is 0. The van der Waals surface area contributed by atoms with Crippen molar-refractivity contribution in [1.29, 1.82) is 0 Å². The fraction of sp³-hybridized carbons (Fsp3) is 0.833. The van der Waals surface area contributed by atoms with Gasteiger partial charge in [-0.1, -0.05) is 12.8 Å². The predicted molar refractivity (Wildman–Crippen MR) is 58.7 cm³/mol. The van der Waals surface area contributed by atoms with E-state index in [0.717, 1.165) is 25.7 Å². The molecule has 0 aromatic rings. The van der Waals surface area contributed by atoms with Gasteiger partial charge in [-0.25, -0.2) is 0 Å². The molecule has 92 valence electrons. The van der Waals surface area contributed by atoms with Gasteiger partial charge >= 0.3 is 11.9 Å². The van der Waals surface area contributed by atoms with Crippen molar-refractivity contribution in [2.24, 2.45) is 11.3 Å². The van der Waals surface area contributed by atoms with Crippen LogP contribution in [-0.4, -0.2) is 25.7 Å². The zero-order chi connectivity index (χ0) is 12.2. The molecule has 1 rings (SSSR count). The molecule has 0 aromatic carbocycles. The third-order valence-electron chi connectivity index (χ3n) is 3.00. The van der Waals surface area contributed by atoms with Gasteiger partial charge < -0.3 is 9.47 Å².